The van der Waals surface area contributed by atoms with Gasteiger partial charge in [0.2, 0.25) is 0 Å². The monoisotopic (exact) mass is 360 g/mol. The molecule has 0 radical (unpaired) electrons. The molecule has 4 nitrogen and oxygen atoms in total. The van der Waals surface area contributed by atoms with Crippen LogP contribution in [-0.4, -0.2) is 4.89 Å². The average molecular weight is 360 g/mol. The molecule has 0 saturated carbocycles. The van der Waals surface area contributed by atoms with Gasteiger partial charge >= 0.3 is 7.82 Å². The van der Waals surface area contributed by atoms with Crippen molar-refractivity contribution in [3.05, 3.63) is 57.6 Å². The van der Waals surface area contributed by atoms with Crippen LogP contribution in [0.4, 0.5) is 0 Å². The third kappa shape index (κ3) is 3.47. The van der Waals surface area contributed by atoms with Gasteiger partial charge in [-0.3, -0.25) is 4.89 Å². The third-order valence-corrected chi connectivity index (χ3v) is 5.46. The number of phosphoric acid groups is 1. The van der Waals surface area contributed by atoms with Crippen LogP contribution in [0.1, 0.15) is 59.1 Å². The summed E-state index contributed by atoms with van der Waals surface area (Å²) in [6, 6.07) is 8.06. The molecule has 0 saturated heterocycles. The van der Waals surface area contributed by atoms with Crippen molar-refractivity contribution in [2.75, 3.05) is 0 Å². The van der Waals surface area contributed by atoms with E-state index in [-0.39, 0.29) is 5.92 Å². The molecule has 1 aliphatic heterocycles. The van der Waals surface area contributed by atoms with Crippen molar-refractivity contribution in [3.8, 4) is 11.5 Å². The predicted molar refractivity (Wildman–Crippen MR) is 99.7 cm³/mol. The lowest BCUT2D eigenvalue weighted by molar-refractivity contribution is 0.283. The summed E-state index contributed by atoms with van der Waals surface area (Å²) in [6.45, 7) is 10.0. The minimum absolute atomic E-state index is 0.0625. The van der Waals surface area contributed by atoms with Gasteiger partial charge in [-0.25, -0.2) is 4.57 Å². The van der Waals surface area contributed by atoms with Crippen LogP contribution < -0.4 is 9.05 Å². The molecule has 2 aromatic carbocycles. The standard InChI is InChI=1S/C20H25O4P/c1-6-7-16-17-10-12(2)8-14(4)19(17)23-25(21,22)24-20-15(5)9-13(3)11-18(16)20/h8-11,16H,6-7H2,1-5H3,(H,21,22). The van der Waals surface area contributed by atoms with Crippen LogP contribution in [0.15, 0.2) is 24.3 Å². The van der Waals surface area contributed by atoms with Crippen LogP contribution in [0, 0.1) is 27.7 Å². The van der Waals surface area contributed by atoms with Gasteiger partial charge < -0.3 is 9.05 Å². The van der Waals surface area contributed by atoms with Gasteiger partial charge in [-0.1, -0.05) is 48.7 Å². The van der Waals surface area contributed by atoms with Crippen molar-refractivity contribution in [3.63, 3.8) is 0 Å². The molecule has 0 fully saturated rings. The maximum Gasteiger partial charge on any atom is 0.584 e. The SMILES string of the molecule is CCCC1c2cc(C)cc(C)c2OP(=O)(O)Oc2c(C)cc(C)cc21. The van der Waals surface area contributed by atoms with E-state index in [1.807, 2.05) is 39.8 Å². The fourth-order valence-electron chi connectivity index (χ4n) is 3.76. The van der Waals surface area contributed by atoms with Crippen LogP contribution in [0.2, 0.25) is 0 Å². The molecule has 1 N–H and O–H groups in total. The van der Waals surface area contributed by atoms with Crippen molar-refractivity contribution in [2.45, 2.75) is 53.4 Å². The number of aryl methyl sites for hydroxylation is 4. The molecule has 134 valence electrons. The Hall–Kier alpha value is -1.77. The van der Waals surface area contributed by atoms with E-state index < -0.39 is 7.82 Å². The zero-order valence-electron chi connectivity index (χ0n) is 15.4. The molecular formula is C20H25O4P. The largest absolute Gasteiger partial charge is 0.584 e. The molecule has 0 atom stereocenters. The van der Waals surface area contributed by atoms with E-state index >= 15 is 0 Å². The van der Waals surface area contributed by atoms with E-state index in [1.165, 1.54) is 0 Å². The fraction of sp³-hybridized carbons (Fsp3) is 0.400. The van der Waals surface area contributed by atoms with Gasteiger partial charge in [-0.15, -0.1) is 0 Å². The number of hydrogen-bond donors (Lipinski definition) is 1. The van der Waals surface area contributed by atoms with Gasteiger partial charge in [0.05, 0.1) is 0 Å². The van der Waals surface area contributed by atoms with E-state index in [0.717, 1.165) is 46.2 Å². The lowest BCUT2D eigenvalue weighted by Crippen LogP contribution is -2.14. The molecular weight excluding hydrogens is 335 g/mol. The fourth-order valence-corrected chi connectivity index (χ4v) is 4.76. The molecule has 25 heavy (non-hydrogen) atoms. The maximum absolute atomic E-state index is 12.6. The first kappa shape index (κ1) is 18.0. The second-order valence-electron chi connectivity index (χ2n) is 6.99. The Kier molecular flexibility index (Phi) is 4.70. The molecule has 2 aromatic rings. The Morgan fingerprint density at radius 2 is 1.36 bits per heavy atom. The number of phosphoric ester groups is 1. The topological polar surface area (TPSA) is 55.8 Å². The van der Waals surface area contributed by atoms with Crippen LogP contribution in [0.5, 0.6) is 11.5 Å². The second kappa shape index (κ2) is 6.51. The molecule has 0 spiro atoms. The number of hydrogen-bond acceptors (Lipinski definition) is 3. The molecule has 0 bridgehead atoms. The minimum atomic E-state index is -4.25. The zero-order chi connectivity index (χ0) is 18.4. The summed E-state index contributed by atoms with van der Waals surface area (Å²) in [6.07, 6.45) is 1.90. The quantitative estimate of drug-likeness (QED) is 0.696. The summed E-state index contributed by atoms with van der Waals surface area (Å²) < 4.78 is 23.6. The van der Waals surface area contributed by atoms with Gasteiger partial charge in [0, 0.05) is 17.0 Å². The Bertz CT molecular complexity index is 807. The van der Waals surface area contributed by atoms with Crippen molar-refractivity contribution in [1.82, 2.24) is 0 Å². The van der Waals surface area contributed by atoms with E-state index in [2.05, 4.69) is 19.1 Å². The van der Waals surface area contributed by atoms with Crippen LogP contribution in [-0.2, 0) is 4.57 Å². The van der Waals surface area contributed by atoms with Crippen molar-refractivity contribution in [2.24, 2.45) is 0 Å². The maximum atomic E-state index is 12.6. The average Bonchev–Trinajstić information content (AvgIpc) is 2.49. The Labute approximate surface area is 149 Å². The first-order chi connectivity index (χ1) is 11.7. The lowest BCUT2D eigenvalue weighted by atomic mass is 9.83. The van der Waals surface area contributed by atoms with Gasteiger partial charge in [-0.05, 0) is 45.2 Å². The Morgan fingerprint density at radius 1 is 0.920 bits per heavy atom. The Balaban J connectivity index is 2.36. The highest BCUT2D eigenvalue weighted by atomic mass is 31.2. The van der Waals surface area contributed by atoms with Crippen LogP contribution >= 0.6 is 7.82 Å². The van der Waals surface area contributed by atoms with Crippen LogP contribution in [0.3, 0.4) is 0 Å². The molecule has 0 aliphatic carbocycles. The molecule has 0 unspecified atom stereocenters. The highest BCUT2D eigenvalue weighted by molar-refractivity contribution is 7.48. The highest BCUT2D eigenvalue weighted by Crippen LogP contribution is 2.54. The smallest absolute Gasteiger partial charge is 0.395 e. The number of rotatable bonds is 2. The summed E-state index contributed by atoms with van der Waals surface area (Å²) in [4.78, 5) is 10.3. The predicted octanol–water partition coefficient (Wildman–Crippen LogP) is 5.72. The first-order valence-corrected chi connectivity index (χ1v) is 10.2. The van der Waals surface area contributed by atoms with Gasteiger partial charge in [0.25, 0.3) is 0 Å². The van der Waals surface area contributed by atoms with E-state index in [1.54, 1.807) is 0 Å². The molecule has 5 heteroatoms. The number of benzene rings is 2. The summed E-state index contributed by atoms with van der Waals surface area (Å²) in [5, 5.41) is 0. The van der Waals surface area contributed by atoms with E-state index in [9.17, 15) is 9.46 Å². The van der Waals surface area contributed by atoms with Crippen molar-refractivity contribution in [1.29, 1.82) is 0 Å². The molecule has 0 aromatic heterocycles. The summed E-state index contributed by atoms with van der Waals surface area (Å²) in [7, 11) is -4.25. The molecule has 0 amide bonds. The number of fused-ring (bicyclic) bond motifs is 2. The van der Waals surface area contributed by atoms with Gasteiger partial charge in [0.15, 0.2) is 0 Å². The minimum Gasteiger partial charge on any atom is -0.395 e. The molecule has 1 aliphatic rings. The Morgan fingerprint density at radius 3 is 1.76 bits per heavy atom. The zero-order valence-corrected chi connectivity index (χ0v) is 16.3. The molecule has 1 heterocycles. The van der Waals surface area contributed by atoms with E-state index in [4.69, 9.17) is 9.05 Å². The summed E-state index contributed by atoms with van der Waals surface area (Å²) in [5.74, 6) is 1.01. The van der Waals surface area contributed by atoms with E-state index in [0.29, 0.717) is 11.5 Å². The molecule has 3 rings (SSSR count). The third-order valence-electron chi connectivity index (χ3n) is 4.64. The van der Waals surface area contributed by atoms with Gasteiger partial charge in [-0.2, -0.15) is 0 Å². The lowest BCUT2D eigenvalue weighted by Gasteiger charge is -2.30. The van der Waals surface area contributed by atoms with Gasteiger partial charge in [0.1, 0.15) is 11.5 Å². The summed E-state index contributed by atoms with van der Waals surface area (Å²) >= 11 is 0. The summed E-state index contributed by atoms with van der Waals surface area (Å²) in [5.41, 5.74) is 5.84. The van der Waals surface area contributed by atoms with Crippen LogP contribution in [0.25, 0.3) is 0 Å². The van der Waals surface area contributed by atoms with Crippen molar-refractivity contribution >= 4 is 7.82 Å². The van der Waals surface area contributed by atoms with Crippen molar-refractivity contribution < 1.29 is 18.5 Å². The normalized spacial score (nSPS) is 22.1. The first-order valence-electron chi connectivity index (χ1n) is 8.66. The second-order valence-corrected chi connectivity index (χ2v) is 8.29. The highest BCUT2D eigenvalue weighted by Gasteiger charge is 2.35.